The van der Waals surface area contributed by atoms with Gasteiger partial charge in [0.05, 0.1) is 6.04 Å². The second-order valence-corrected chi connectivity index (χ2v) is 6.96. The van der Waals surface area contributed by atoms with Crippen LogP contribution < -0.4 is 10.6 Å². The van der Waals surface area contributed by atoms with Crippen molar-refractivity contribution in [2.45, 2.75) is 19.9 Å². The van der Waals surface area contributed by atoms with Crippen molar-refractivity contribution in [1.82, 2.24) is 10.6 Å². The van der Waals surface area contributed by atoms with Crippen molar-refractivity contribution in [1.29, 1.82) is 0 Å². The number of ether oxygens (including phenoxy) is 1. The summed E-state index contributed by atoms with van der Waals surface area (Å²) in [5.74, 6) is -1.59. The summed E-state index contributed by atoms with van der Waals surface area (Å²) < 4.78 is 4.89. The Morgan fingerprint density at radius 3 is 2.50 bits per heavy atom. The standard InChI is InChI=1S/C20H20Cl2N2O4/c1-12-5-3-4-6-15(12)20(27)23-10-19(26)28-11-18(25)24-13(2)16-8-7-14(21)9-17(16)22/h3-9,13H,10-11H2,1-2H3,(H,23,27)(H,24,25). The summed E-state index contributed by atoms with van der Waals surface area (Å²) in [5, 5.41) is 6.07. The number of carbonyl (C=O) groups excluding carboxylic acids is 3. The Morgan fingerprint density at radius 2 is 1.82 bits per heavy atom. The van der Waals surface area contributed by atoms with Crippen molar-refractivity contribution >= 4 is 41.0 Å². The molecule has 28 heavy (non-hydrogen) atoms. The lowest BCUT2D eigenvalue weighted by molar-refractivity contribution is -0.147. The summed E-state index contributed by atoms with van der Waals surface area (Å²) in [6.45, 7) is 2.75. The van der Waals surface area contributed by atoms with Gasteiger partial charge in [0.1, 0.15) is 6.54 Å². The highest BCUT2D eigenvalue weighted by molar-refractivity contribution is 6.35. The monoisotopic (exact) mass is 422 g/mol. The first kappa shape index (κ1) is 21.7. The third-order valence-corrected chi connectivity index (χ3v) is 4.52. The number of hydrogen-bond donors (Lipinski definition) is 2. The molecule has 2 aromatic carbocycles. The van der Waals surface area contributed by atoms with E-state index in [4.69, 9.17) is 27.9 Å². The molecule has 8 heteroatoms. The van der Waals surface area contributed by atoms with Gasteiger partial charge in [-0.15, -0.1) is 0 Å². The molecule has 1 unspecified atom stereocenters. The van der Waals surface area contributed by atoms with Crippen molar-refractivity contribution in [3.63, 3.8) is 0 Å². The molecule has 0 radical (unpaired) electrons. The Hall–Kier alpha value is -2.57. The van der Waals surface area contributed by atoms with Crippen LogP contribution in [-0.2, 0) is 14.3 Å². The van der Waals surface area contributed by atoms with Crippen LogP contribution in [-0.4, -0.2) is 30.9 Å². The lowest BCUT2D eigenvalue weighted by Gasteiger charge is -2.16. The van der Waals surface area contributed by atoms with E-state index < -0.39 is 24.5 Å². The SMILES string of the molecule is Cc1ccccc1C(=O)NCC(=O)OCC(=O)NC(C)c1ccc(Cl)cc1Cl. The maximum atomic E-state index is 12.0. The van der Waals surface area contributed by atoms with Crippen LogP contribution >= 0.6 is 23.2 Å². The number of halogens is 2. The van der Waals surface area contributed by atoms with Crippen LogP contribution in [0.1, 0.15) is 34.5 Å². The van der Waals surface area contributed by atoms with Gasteiger partial charge in [0.15, 0.2) is 6.61 Å². The van der Waals surface area contributed by atoms with Gasteiger partial charge in [0.2, 0.25) is 0 Å². The lowest BCUT2D eigenvalue weighted by Crippen LogP contribution is -2.35. The smallest absolute Gasteiger partial charge is 0.325 e. The molecule has 0 aliphatic heterocycles. The van der Waals surface area contributed by atoms with E-state index in [-0.39, 0.29) is 12.5 Å². The fourth-order valence-electron chi connectivity index (χ4n) is 2.49. The minimum atomic E-state index is -0.714. The molecule has 0 heterocycles. The van der Waals surface area contributed by atoms with Crippen LogP contribution in [0.5, 0.6) is 0 Å². The van der Waals surface area contributed by atoms with E-state index in [0.717, 1.165) is 5.56 Å². The van der Waals surface area contributed by atoms with Gasteiger partial charge in [0, 0.05) is 15.6 Å². The largest absolute Gasteiger partial charge is 0.454 e. The maximum absolute atomic E-state index is 12.0. The Kier molecular flexibility index (Phi) is 7.84. The number of esters is 1. The first-order chi connectivity index (χ1) is 13.3. The Labute approximate surface area is 173 Å². The molecule has 1 atom stereocenters. The number of aryl methyl sites for hydroxylation is 1. The summed E-state index contributed by atoms with van der Waals surface area (Å²) in [7, 11) is 0. The highest BCUT2D eigenvalue weighted by Crippen LogP contribution is 2.25. The number of benzene rings is 2. The van der Waals surface area contributed by atoms with Crippen molar-refractivity contribution in [2.75, 3.05) is 13.2 Å². The third-order valence-electron chi connectivity index (χ3n) is 3.95. The fraction of sp³-hybridized carbons (Fsp3) is 0.250. The molecule has 2 rings (SSSR count). The zero-order valence-corrected chi connectivity index (χ0v) is 16.9. The molecule has 2 aromatic rings. The summed E-state index contributed by atoms with van der Waals surface area (Å²) in [6, 6.07) is 11.6. The highest BCUT2D eigenvalue weighted by atomic mass is 35.5. The summed E-state index contributed by atoms with van der Waals surface area (Å²) in [4.78, 5) is 35.8. The Bertz CT molecular complexity index is 886. The average molecular weight is 423 g/mol. The van der Waals surface area contributed by atoms with E-state index in [1.807, 2.05) is 6.07 Å². The van der Waals surface area contributed by atoms with Crippen LogP contribution in [0.25, 0.3) is 0 Å². The van der Waals surface area contributed by atoms with E-state index >= 15 is 0 Å². The van der Waals surface area contributed by atoms with Gasteiger partial charge in [0.25, 0.3) is 11.8 Å². The molecule has 0 saturated carbocycles. The first-order valence-corrected chi connectivity index (χ1v) is 9.27. The van der Waals surface area contributed by atoms with Crippen molar-refractivity contribution < 1.29 is 19.1 Å². The van der Waals surface area contributed by atoms with Crippen LogP contribution in [0.4, 0.5) is 0 Å². The van der Waals surface area contributed by atoms with Gasteiger partial charge in [-0.25, -0.2) is 0 Å². The lowest BCUT2D eigenvalue weighted by atomic mass is 10.1. The number of hydrogen-bond acceptors (Lipinski definition) is 4. The molecular weight excluding hydrogens is 403 g/mol. The van der Waals surface area contributed by atoms with Crippen LogP contribution in [0.3, 0.4) is 0 Å². The predicted octanol–water partition coefficient (Wildman–Crippen LogP) is 3.45. The first-order valence-electron chi connectivity index (χ1n) is 8.51. The second kappa shape index (κ2) is 10.1. The second-order valence-electron chi connectivity index (χ2n) is 6.11. The van der Waals surface area contributed by atoms with Crippen molar-refractivity contribution in [3.05, 3.63) is 69.2 Å². The molecule has 0 aromatic heterocycles. The minimum absolute atomic E-state index is 0.334. The van der Waals surface area contributed by atoms with Crippen molar-refractivity contribution in [3.8, 4) is 0 Å². The van der Waals surface area contributed by atoms with E-state index in [0.29, 0.717) is 21.2 Å². The molecular formula is C20H20Cl2N2O4. The summed E-state index contributed by atoms with van der Waals surface area (Å²) in [5.41, 5.74) is 1.96. The minimum Gasteiger partial charge on any atom is -0.454 e. The molecule has 2 N–H and O–H groups in total. The molecule has 0 aliphatic carbocycles. The van der Waals surface area contributed by atoms with Gasteiger partial charge in [-0.05, 0) is 43.2 Å². The van der Waals surface area contributed by atoms with E-state index in [2.05, 4.69) is 10.6 Å². The Morgan fingerprint density at radius 1 is 1.11 bits per heavy atom. The van der Waals surface area contributed by atoms with E-state index in [9.17, 15) is 14.4 Å². The van der Waals surface area contributed by atoms with Gasteiger partial charge in [-0.3, -0.25) is 14.4 Å². The van der Waals surface area contributed by atoms with Gasteiger partial charge in [-0.1, -0.05) is 47.5 Å². The number of amides is 2. The fourth-order valence-corrected chi connectivity index (χ4v) is 3.06. The number of rotatable bonds is 7. The highest BCUT2D eigenvalue weighted by Gasteiger charge is 2.15. The molecule has 0 fully saturated rings. The molecule has 0 aliphatic rings. The molecule has 2 amide bonds. The maximum Gasteiger partial charge on any atom is 0.325 e. The number of nitrogens with one attached hydrogen (secondary N) is 2. The average Bonchev–Trinajstić information content (AvgIpc) is 2.64. The molecule has 148 valence electrons. The number of carbonyl (C=O) groups is 3. The normalized spacial score (nSPS) is 11.4. The quantitative estimate of drug-likeness (QED) is 0.669. The Balaban J connectivity index is 1.77. The molecule has 6 nitrogen and oxygen atoms in total. The van der Waals surface area contributed by atoms with Gasteiger partial charge < -0.3 is 15.4 Å². The summed E-state index contributed by atoms with van der Waals surface area (Å²) in [6.07, 6.45) is 0. The van der Waals surface area contributed by atoms with Crippen molar-refractivity contribution in [2.24, 2.45) is 0 Å². The van der Waals surface area contributed by atoms with E-state index in [1.54, 1.807) is 50.2 Å². The van der Waals surface area contributed by atoms with Crippen LogP contribution in [0.15, 0.2) is 42.5 Å². The third kappa shape index (κ3) is 6.25. The van der Waals surface area contributed by atoms with Gasteiger partial charge in [-0.2, -0.15) is 0 Å². The zero-order chi connectivity index (χ0) is 20.7. The zero-order valence-electron chi connectivity index (χ0n) is 15.4. The molecule has 0 saturated heterocycles. The molecule has 0 spiro atoms. The van der Waals surface area contributed by atoms with E-state index in [1.165, 1.54) is 0 Å². The predicted molar refractivity (Wildman–Crippen MR) is 107 cm³/mol. The topological polar surface area (TPSA) is 84.5 Å². The van der Waals surface area contributed by atoms with Crippen LogP contribution in [0, 0.1) is 6.92 Å². The van der Waals surface area contributed by atoms with Gasteiger partial charge >= 0.3 is 5.97 Å². The summed E-state index contributed by atoms with van der Waals surface area (Å²) >= 11 is 12.0. The molecule has 0 bridgehead atoms. The van der Waals surface area contributed by atoms with Crippen LogP contribution in [0.2, 0.25) is 10.0 Å².